The molecule has 0 saturated heterocycles. The Morgan fingerprint density at radius 2 is 1.87 bits per heavy atom. The van der Waals surface area contributed by atoms with Crippen molar-refractivity contribution in [1.29, 1.82) is 0 Å². The second-order valence-electron chi connectivity index (χ2n) is 8.32. The molecule has 0 spiro atoms. The van der Waals surface area contributed by atoms with Crippen LogP contribution in [0.2, 0.25) is 5.02 Å². The number of hydrogen-bond acceptors (Lipinski definition) is 6. The van der Waals surface area contributed by atoms with E-state index in [2.05, 4.69) is 19.0 Å². The summed E-state index contributed by atoms with van der Waals surface area (Å²) in [5.74, 6) is -0.0529. The number of methoxy groups -OCH3 is 1. The van der Waals surface area contributed by atoms with E-state index < -0.39 is 11.8 Å². The Bertz CT molecular complexity index is 830. The Morgan fingerprint density at radius 1 is 1.23 bits per heavy atom. The van der Waals surface area contributed by atoms with E-state index in [1.165, 1.54) is 13.4 Å². The van der Waals surface area contributed by atoms with E-state index >= 15 is 0 Å². The Balaban J connectivity index is 1.96. The van der Waals surface area contributed by atoms with Crippen molar-refractivity contribution in [2.75, 3.05) is 27.8 Å². The summed E-state index contributed by atoms with van der Waals surface area (Å²) < 4.78 is 23.1. The normalized spacial score (nSPS) is 25.7. The van der Waals surface area contributed by atoms with Gasteiger partial charge in [-0.15, -0.1) is 0 Å². The molecule has 1 aromatic carbocycles. The maximum Gasteiger partial charge on any atom is 0.338 e. The van der Waals surface area contributed by atoms with E-state index in [4.69, 9.17) is 30.5 Å². The van der Waals surface area contributed by atoms with Crippen LogP contribution >= 0.6 is 11.6 Å². The summed E-state index contributed by atoms with van der Waals surface area (Å²) in [5, 5.41) is 0.331. The average molecular weight is 438 g/mol. The molecule has 7 heteroatoms. The zero-order valence-electron chi connectivity index (χ0n) is 18.7. The third kappa shape index (κ3) is 4.12. The van der Waals surface area contributed by atoms with Crippen LogP contribution in [0.5, 0.6) is 11.5 Å². The van der Waals surface area contributed by atoms with Gasteiger partial charge in [-0.2, -0.15) is 0 Å². The van der Waals surface area contributed by atoms with Crippen LogP contribution in [0, 0.1) is 12.8 Å². The van der Waals surface area contributed by atoms with Crippen molar-refractivity contribution in [3.05, 3.63) is 28.0 Å². The van der Waals surface area contributed by atoms with Gasteiger partial charge in [0.25, 0.3) is 5.79 Å². The van der Waals surface area contributed by atoms with Gasteiger partial charge in [0.05, 0.1) is 30.6 Å². The van der Waals surface area contributed by atoms with Crippen molar-refractivity contribution in [3.8, 4) is 11.5 Å². The number of halogens is 1. The molecule has 1 heterocycles. The van der Waals surface area contributed by atoms with E-state index in [-0.39, 0.29) is 5.92 Å². The lowest BCUT2D eigenvalue weighted by Crippen LogP contribution is -2.46. The average Bonchev–Trinajstić information content (AvgIpc) is 3.11. The number of fused-ring (bicyclic) bond motifs is 1. The molecule has 0 bridgehead atoms. The van der Waals surface area contributed by atoms with Gasteiger partial charge >= 0.3 is 5.97 Å². The third-order valence-corrected chi connectivity index (χ3v) is 6.67. The molecule has 6 nitrogen and oxygen atoms in total. The van der Waals surface area contributed by atoms with Crippen molar-refractivity contribution in [1.82, 2.24) is 4.90 Å². The van der Waals surface area contributed by atoms with Crippen LogP contribution < -0.4 is 9.47 Å². The smallest absolute Gasteiger partial charge is 0.338 e. The lowest BCUT2D eigenvalue weighted by atomic mass is 9.81. The highest BCUT2D eigenvalue weighted by atomic mass is 35.5. The van der Waals surface area contributed by atoms with Crippen molar-refractivity contribution >= 4 is 23.6 Å². The molecule has 0 radical (unpaired) electrons. The molecule has 1 unspecified atom stereocenters. The molecule has 1 aliphatic heterocycles. The summed E-state index contributed by atoms with van der Waals surface area (Å²) in [6, 6.07) is 0.584. The van der Waals surface area contributed by atoms with Crippen LogP contribution in [0.15, 0.2) is 6.26 Å². The van der Waals surface area contributed by atoms with E-state index in [9.17, 15) is 4.79 Å². The van der Waals surface area contributed by atoms with Gasteiger partial charge in [-0.3, -0.25) is 0 Å². The van der Waals surface area contributed by atoms with Gasteiger partial charge in [-0.05, 0) is 59.7 Å². The van der Waals surface area contributed by atoms with Crippen LogP contribution in [0.25, 0.3) is 6.08 Å². The molecule has 0 N–H and O–H groups in total. The Kier molecular flexibility index (Phi) is 6.88. The van der Waals surface area contributed by atoms with Crippen molar-refractivity contribution < 1.29 is 23.7 Å². The molecule has 0 aromatic heterocycles. The summed E-state index contributed by atoms with van der Waals surface area (Å²) in [5.41, 5.74) is 1.53. The maximum atomic E-state index is 12.5. The molecule has 0 amide bonds. The van der Waals surface area contributed by atoms with Gasteiger partial charge in [0.2, 0.25) is 0 Å². The molecule has 1 saturated carbocycles. The fourth-order valence-electron chi connectivity index (χ4n) is 4.48. The first-order chi connectivity index (χ1) is 14.2. The van der Waals surface area contributed by atoms with Gasteiger partial charge in [0, 0.05) is 30.0 Å². The largest absolute Gasteiger partial charge is 0.501 e. The van der Waals surface area contributed by atoms with E-state index in [0.29, 0.717) is 45.9 Å². The number of rotatable bonds is 6. The number of nitrogens with zero attached hydrogens (tertiary/aromatic N) is 1. The second-order valence-corrected chi connectivity index (χ2v) is 8.70. The predicted octanol–water partition coefficient (Wildman–Crippen LogP) is 5.05. The van der Waals surface area contributed by atoms with Crippen LogP contribution in [0.1, 0.15) is 61.0 Å². The molecular formula is C23H32ClNO5. The van der Waals surface area contributed by atoms with Gasteiger partial charge in [0.1, 0.15) is 0 Å². The summed E-state index contributed by atoms with van der Waals surface area (Å²) in [6.07, 6.45) is 7.40. The van der Waals surface area contributed by atoms with E-state index in [1.807, 2.05) is 20.8 Å². The first-order valence-electron chi connectivity index (χ1n) is 10.5. The molecule has 166 valence electrons. The number of carbonyl (C=O) groups is 1. The number of carbonyl (C=O) groups excluding carboxylic acids is 1. The highest BCUT2D eigenvalue weighted by molar-refractivity contribution is 6.34. The van der Waals surface area contributed by atoms with Crippen LogP contribution in [-0.4, -0.2) is 50.5 Å². The van der Waals surface area contributed by atoms with Crippen LogP contribution in [0.3, 0.4) is 0 Å². The zero-order chi connectivity index (χ0) is 22.1. The Hall–Kier alpha value is -1.92. The second kappa shape index (κ2) is 9.06. The highest BCUT2D eigenvalue weighted by Gasteiger charge is 2.48. The minimum atomic E-state index is -0.816. The molecular weight excluding hydrogens is 406 g/mol. The molecule has 1 aromatic rings. The molecule has 2 aliphatic rings. The minimum absolute atomic E-state index is 0.237. The highest BCUT2D eigenvalue weighted by Crippen LogP contribution is 2.53. The summed E-state index contributed by atoms with van der Waals surface area (Å²) >= 11 is 6.72. The Labute approximate surface area is 184 Å². The number of esters is 1. The van der Waals surface area contributed by atoms with Crippen LogP contribution in [0.4, 0.5) is 0 Å². The first-order valence-corrected chi connectivity index (χ1v) is 10.9. The monoisotopic (exact) mass is 437 g/mol. The summed E-state index contributed by atoms with van der Waals surface area (Å²) in [7, 11) is 5.60. The molecule has 1 atom stereocenters. The van der Waals surface area contributed by atoms with Gasteiger partial charge in [-0.25, -0.2) is 4.79 Å². The number of ether oxygens (including phenoxy) is 4. The maximum absolute atomic E-state index is 12.5. The van der Waals surface area contributed by atoms with Crippen molar-refractivity contribution in [3.63, 3.8) is 0 Å². The van der Waals surface area contributed by atoms with Crippen LogP contribution in [-0.2, 0) is 9.47 Å². The molecule has 1 fully saturated rings. The van der Waals surface area contributed by atoms with E-state index in [1.54, 1.807) is 6.08 Å². The lowest BCUT2D eigenvalue weighted by Gasteiger charge is -2.39. The lowest BCUT2D eigenvalue weighted by molar-refractivity contribution is -0.123. The van der Waals surface area contributed by atoms with Gasteiger partial charge in [0.15, 0.2) is 11.5 Å². The molecule has 1 aliphatic carbocycles. The quantitative estimate of drug-likeness (QED) is 0.458. The SMILES string of the molecule is CCO/C=C/c1c(Cl)c2c(c(C)c1C(=O)OC)OC(C)(C1CCC(N(C)C)CC1)O2. The third-order valence-electron chi connectivity index (χ3n) is 6.29. The number of hydrogen-bond donors (Lipinski definition) is 0. The van der Waals surface area contributed by atoms with Gasteiger partial charge < -0.3 is 23.8 Å². The molecule has 3 rings (SSSR count). The molecule has 30 heavy (non-hydrogen) atoms. The Morgan fingerprint density at radius 3 is 2.43 bits per heavy atom. The van der Waals surface area contributed by atoms with Crippen molar-refractivity contribution in [2.24, 2.45) is 5.92 Å². The standard InChI is InChI=1S/C23H32ClNO5/c1-7-28-13-12-17-18(22(26)27-6)14(2)20-21(19(17)24)30-23(3,29-20)15-8-10-16(11-9-15)25(4)5/h12-13,15-16H,7-11H2,1-6H3/b13-12+. The summed E-state index contributed by atoms with van der Waals surface area (Å²) in [4.78, 5) is 14.8. The van der Waals surface area contributed by atoms with E-state index in [0.717, 1.165) is 25.7 Å². The zero-order valence-corrected chi connectivity index (χ0v) is 19.5. The topological polar surface area (TPSA) is 57.2 Å². The predicted molar refractivity (Wildman–Crippen MR) is 117 cm³/mol. The fourth-order valence-corrected chi connectivity index (χ4v) is 4.76. The number of benzene rings is 1. The van der Waals surface area contributed by atoms with Gasteiger partial charge in [-0.1, -0.05) is 11.6 Å². The first kappa shape index (κ1) is 22.8. The van der Waals surface area contributed by atoms with Crippen molar-refractivity contribution in [2.45, 2.75) is 58.3 Å². The fraction of sp³-hybridized carbons (Fsp3) is 0.609. The minimum Gasteiger partial charge on any atom is -0.501 e. The summed E-state index contributed by atoms with van der Waals surface area (Å²) in [6.45, 7) is 6.20.